The van der Waals surface area contributed by atoms with Gasteiger partial charge in [0.1, 0.15) is 11.5 Å². The Morgan fingerprint density at radius 1 is 1.27 bits per heavy atom. The highest BCUT2D eigenvalue weighted by molar-refractivity contribution is 6.33. The number of nitrogens with zero attached hydrogens (tertiary/aromatic N) is 1. The van der Waals surface area contributed by atoms with Crippen LogP contribution in [0, 0.1) is 6.92 Å². The van der Waals surface area contributed by atoms with Gasteiger partial charge in [-0.2, -0.15) is 0 Å². The SMILES string of the molecule is Cc1oc(-c2ccccc2Cl)nc1CC(=O)NOCCCc1ccco1. The highest BCUT2D eigenvalue weighted by Crippen LogP contribution is 2.28. The maximum absolute atomic E-state index is 12.0. The van der Waals surface area contributed by atoms with E-state index in [4.69, 9.17) is 25.3 Å². The summed E-state index contributed by atoms with van der Waals surface area (Å²) in [5.41, 5.74) is 3.67. The van der Waals surface area contributed by atoms with Gasteiger partial charge in [-0.15, -0.1) is 0 Å². The molecule has 0 unspecified atom stereocenters. The zero-order valence-corrected chi connectivity index (χ0v) is 15.1. The lowest BCUT2D eigenvalue weighted by Gasteiger charge is -2.04. The number of amides is 1. The largest absolute Gasteiger partial charge is 0.469 e. The molecule has 0 saturated carbocycles. The molecule has 3 rings (SSSR count). The van der Waals surface area contributed by atoms with E-state index in [1.807, 2.05) is 30.3 Å². The van der Waals surface area contributed by atoms with Crippen molar-refractivity contribution < 1.29 is 18.5 Å². The summed E-state index contributed by atoms with van der Waals surface area (Å²) in [4.78, 5) is 21.6. The standard InChI is InChI=1S/C19H19ClN2O4/c1-13-17(21-19(26-13)15-8-2-3-9-16(15)20)12-18(23)22-25-11-5-7-14-6-4-10-24-14/h2-4,6,8-10H,5,7,11-12H2,1H3,(H,22,23). The van der Waals surface area contributed by atoms with Crippen molar-refractivity contribution in [3.8, 4) is 11.5 Å². The molecule has 136 valence electrons. The lowest BCUT2D eigenvalue weighted by atomic mass is 10.2. The van der Waals surface area contributed by atoms with Crippen molar-refractivity contribution >= 4 is 17.5 Å². The molecule has 0 saturated heterocycles. The van der Waals surface area contributed by atoms with Gasteiger partial charge >= 0.3 is 0 Å². The fourth-order valence-corrected chi connectivity index (χ4v) is 2.65. The van der Waals surface area contributed by atoms with Crippen LogP contribution in [0.5, 0.6) is 0 Å². The van der Waals surface area contributed by atoms with Crippen molar-refractivity contribution in [3.05, 3.63) is 64.9 Å². The summed E-state index contributed by atoms with van der Waals surface area (Å²) in [5.74, 6) is 1.58. The van der Waals surface area contributed by atoms with Gasteiger partial charge in [0.05, 0.1) is 35.6 Å². The zero-order chi connectivity index (χ0) is 18.4. The lowest BCUT2D eigenvalue weighted by molar-refractivity contribution is -0.133. The number of carbonyl (C=O) groups is 1. The molecule has 1 aromatic carbocycles. The summed E-state index contributed by atoms with van der Waals surface area (Å²) < 4.78 is 10.9. The molecule has 0 fully saturated rings. The number of halogens is 1. The Hall–Kier alpha value is -2.57. The van der Waals surface area contributed by atoms with Crippen molar-refractivity contribution in [1.29, 1.82) is 0 Å². The van der Waals surface area contributed by atoms with E-state index < -0.39 is 0 Å². The quantitative estimate of drug-likeness (QED) is 0.474. The van der Waals surface area contributed by atoms with Gasteiger partial charge in [-0.25, -0.2) is 10.5 Å². The van der Waals surface area contributed by atoms with Crippen LogP contribution in [0.1, 0.15) is 23.6 Å². The summed E-state index contributed by atoms with van der Waals surface area (Å²) in [6.07, 6.45) is 3.20. The number of nitrogens with one attached hydrogen (secondary N) is 1. The molecule has 0 aliphatic rings. The number of oxazole rings is 1. The molecule has 0 spiro atoms. The monoisotopic (exact) mass is 374 g/mol. The van der Waals surface area contributed by atoms with E-state index in [2.05, 4.69) is 10.5 Å². The fourth-order valence-electron chi connectivity index (χ4n) is 2.43. The summed E-state index contributed by atoms with van der Waals surface area (Å²) >= 11 is 6.16. The minimum atomic E-state index is -0.287. The first kappa shape index (κ1) is 18.2. The summed E-state index contributed by atoms with van der Waals surface area (Å²) in [6.45, 7) is 2.16. The predicted molar refractivity (Wildman–Crippen MR) is 96.5 cm³/mol. The molecule has 2 heterocycles. The minimum absolute atomic E-state index is 0.0674. The van der Waals surface area contributed by atoms with E-state index >= 15 is 0 Å². The Kier molecular flexibility index (Phi) is 6.09. The molecule has 0 radical (unpaired) electrons. The maximum Gasteiger partial charge on any atom is 0.249 e. The predicted octanol–water partition coefficient (Wildman–Crippen LogP) is 4.12. The summed E-state index contributed by atoms with van der Waals surface area (Å²) in [5, 5.41) is 0.546. The van der Waals surface area contributed by atoms with Crippen LogP contribution < -0.4 is 5.48 Å². The third-order valence-electron chi connectivity index (χ3n) is 3.76. The Balaban J connectivity index is 1.48. The highest BCUT2D eigenvalue weighted by atomic mass is 35.5. The first-order valence-electron chi connectivity index (χ1n) is 8.27. The van der Waals surface area contributed by atoms with Gasteiger partial charge in [-0.05, 0) is 37.6 Å². The minimum Gasteiger partial charge on any atom is -0.469 e. The fraction of sp³-hybridized carbons (Fsp3) is 0.263. The molecule has 1 amide bonds. The molecule has 2 aromatic heterocycles. The van der Waals surface area contributed by atoms with Gasteiger partial charge in [0.25, 0.3) is 0 Å². The van der Waals surface area contributed by atoms with Crippen LogP contribution in [0.4, 0.5) is 0 Å². The molecule has 0 bridgehead atoms. The molecule has 0 atom stereocenters. The van der Waals surface area contributed by atoms with Crippen molar-refractivity contribution in [1.82, 2.24) is 10.5 Å². The van der Waals surface area contributed by atoms with E-state index in [1.165, 1.54) is 0 Å². The van der Waals surface area contributed by atoms with Crippen molar-refractivity contribution in [2.24, 2.45) is 0 Å². The number of carbonyl (C=O) groups excluding carboxylic acids is 1. The molecular weight excluding hydrogens is 356 g/mol. The van der Waals surface area contributed by atoms with Crippen LogP contribution in [0.3, 0.4) is 0 Å². The van der Waals surface area contributed by atoms with E-state index in [1.54, 1.807) is 19.3 Å². The number of furan rings is 1. The van der Waals surface area contributed by atoms with E-state index in [-0.39, 0.29) is 12.3 Å². The topological polar surface area (TPSA) is 77.5 Å². The smallest absolute Gasteiger partial charge is 0.249 e. The number of aryl methyl sites for hydroxylation is 2. The average Bonchev–Trinajstić information content (AvgIpc) is 3.25. The van der Waals surface area contributed by atoms with Gasteiger partial charge in [0.15, 0.2) is 0 Å². The normalized spacial score (nSPS) is 10.8. The first-order valence-corrected chi connectivity index (χ1v) is 8.65. The molecular formula is C19H19ClN2O4. The van der Waals surface area contributed by atoms with Crippen molar-refractivity contribution in [2.45, 2.75) is 26.2 Å². The van der Waals surface area contributed by atoms with Crippen molar-refractivity contribution in [2.75, 3.05) is 6.61 Å². The van der Waals surface area contributed by atoms with E-state index in [0.717, 1.165) is 18.6 Å². The maximum atomic E-state index is 12.0. The number of aromatic nitrogens is 1. The van der Waals surface area contributed by atoms with Gasteiger partial charge in [-0.1, -0.05) is 23.7 Å². The Morgan fingerprint density at radius 3 is 2.88 bits per heavy atom. The number of benzene rings is 1. The number of rotatable bonds is 8. The lowest BCUT2D eigenvalue weighted by Crippen LogP contribution is -2.26. The second-order valence-corrected chi connectivity index (χ2v) is 6.14. The number of hydrogen-bond donors (Lipinski definition) is 1. The van der Waals surface area contributed by atoms with Crippen LogP contribution in [0.15, 0.2) is 51.5 Å². The van der Waals surface area contributed by atoms with Gasteiger partial charge in [0.2, 0.25) is 11.8 Å². The Bertz CT molecular complexity index is 858. The molecule has 7 heteroatoms. The Labute approximate surface area is 156 Å². The van der Waals surface area contributed by atoms with Crippen LogP contribution in [-0.4, -0.2) is 17.5 Å². The van der Waals surface area contributed by atoms with Crippen LogP contribution in [-0.2, 0) is 22.5 Å². The molecule has 0 aliphatic carbocycles. The molecule has 26 heavy (non-hydrogen) atoms. The van der Waals surface area contributed by atoms with Crippen LogP contribution >= 0.6 is 11.6 Å². The van der Waals surface area contributed by atoms with Gasteiger partial charge < -0.3 is 8.83 Å². The average molecular weight is 375 g/mol. The zero-order valence-electron chi connectivity index (χ0n) is 14.3. The summed E-state index contributed by atoms with van der Waals surface area (Å²) in [6, 6.07) is 11.0. The molecule has 3 aromatic rings. The second-order valence-electron chi connectivity index (χ2n) is 5.74. The van der Waals surface area contributed by atoms with Crippen molar-refractivity contribution in [3.63, 3.8) is 0 Å². The second kappa shape index (κ2) is 8.69. The number of hydrogen-bond acceptors (Lipinski definition) is 5. The van der Waals surface area contributed by atoms with Gasteiger partial charge in [0, 0.05) is 6.42 Å². The molecule has 1 N–H and O–H groups in total. The van der Waals surface area contributed by atoms with Gasteiger partial charge in [-0.3, -0.25) is 9.63 Å². The molecule has 6 nitrogen and oxygen atoms in total. The molecule has 0 aliphatic heterocycles. The van der Waals surface area contributed by atoms with E-state index in [0.29, 0.717) is 34.5 Å². The highest BCUT2D eigenvalue weighted by Gasteiger charge is 2.16. The third-order valence-corrected chi connectivity index (χ3v) is 4.09. The van der Waals surface area contributed by atoms with Crippen LogP contribution in [0.25, 0.3) is 11.5 Å². The van der Waals surface area contributed by atoms with Crippen LogP contribution in [0.2, 0.25) is 5.02 Å². The summed E-state index contributed by atoms with van der Waals surface area (Å²) in [7, 11) is 0. The Morgan fingerprint density at radius 2 is 2.12 bits per heavy atom. The number of hydroxylamine groups is 1. The third kappa shape index (κ3) is 4.74. The first-order chi connectivity index (χ1) is 12.6. The van der Waals surface area contributed by atoms with E-state index in [9.17, 15) is 4.79 Å².